The molecule has 0 spiro atoms. The standard InChI is InChI=1S/C35H28N2O/c1-35(2)29-15-9-10-16-31(29)37(3)32-21-23(17-18-30(32)35)33-25-13-7-8-14-26(25)34(27-19-20-36-22-28(27)33)38-24-11-5-4-6-12-24/h4-22H,1-3H3. The minimum atomic E-state index is -0.0873. The topological polar surface area (TPSA) is 25.4 Å². The first-order chi connectivity index (χ1) is 18.5. The lowest BCUT2D eigenvalue weighted by atomic mass is 9.73. The first kappa shape index (κ1) is 22.6. The molecule has 0 aliphatic carbocycles. The average Bonchev–Trinajstić information content (AvgIpc) is 2.96. The number of pyridine rings is 1. The Bertz CT molecular complexity index is 1780. The van der Waals surface area contributed by atoms with Gasteiger partial charge in [0.2, 0.25) is 0 Å². The quantitative estimate of drug-likeness (QED) is 0.230. The number of hydrogen-bond donors (Lipinski definition) is 0. The summed E-state index contributed by atoms with van der Waals surface area (Å²) in [6.45, 7) is 4.64. The highest BCUT2D eigenvalue weighted by Crippen LogP contribution is 2.50. The van der Waals surface area contributed by atoms with Gasteiger partial charge in [-0.05, 0) is 58.0 Å². The molecule has 0 atom stereocenters. The van der Waals surface area contributed by atoms with Crippen molar-refractivity contribution in [2.24, 2.45) is 0 Å². The third kappa shape index (κ3) is 3.32. The summed E-state index contributed by atoms with van der Waals surface area (Å²) in [5, 5.41) is 4.36. The van der Waals surface area contributed by atoms with Crippen molar-refractivity contribution in [3.63, 3.8) is 0 Å². The normalized spacial score (nSPS) is 13.8. The Hall–Kier alpha value is -4.63. The van der Waals surface area contributed by atoms with E-state index in [0.717, 1.165) is 33.0 Å². The zero-order valence-corrected chi connectivity index (χ0v) is 21.8. The van der Waals surface area contributed by atoms with Crippen molar-refractivity contribution in [3.05, 3.63) is 127 Å². The molecule has 0 saturated heterocycles. The molecule has 3 heteroatoms. The Balaban J connectivity index is 1.49. The molecule has 1 aliphatic rings. The Morgan fingerprint density at radius 1 is 0.658 bits per heavy atom. The van der Waals surface area contributed by atoms with Crippen molar-refractivity contribution in [2.75, 3.05) is 11.9 Å². The van der Waals surface area contributed by atoms with Crippen LogP contribution in [0.2, 0.25) is 0 Å². The molecule has 1 aromatic heterocycles. The molecule has 0 radical (unpaired) electrons. The van der Waals surface area contributed by atoms with Crippen LogP contribution in [0, 0.1) is 0 Å². The number of benzene rings is 5. The van der Waals surface area contributed by atoms with Gasteiger partial charge in [-0.25, -0.2) is 0 Å². The fourth-order valence-corrected chi connectivity index (χ4v) is 6.07. The van der Waals surface area contributed by atoms with Crippen LogP contribution in [0.15, 0.2) is 116 Å². The second kappa shape index (κ2) is 8.46. The van der Waals surface area contributed by atoms with E-state index in [9.17, 15) is 0 Å². The molecule has 3 nitrogen and oxygen atoms in total. The highest BCUT2D eigenvalue weighted by atomic mass is 16.5. The largest absolute Gasteiger partial charge is 0.456 e. The predicted molar refractivity (Wildman–Crippen MR) is 158 cm³/mol. The lowest BCUT2D eigenvalue weighted by Gasteiger charge is -2.40. The Kier molecular flexibility index (Phi) is 5.02. The van der Waals surface area contributed by atoms with Gasteiger partial charge in [0.1, 0.15) is 11.5 Å². The van der Waals surface area contributed by atoms with Gasteiger partial charge in [-0.1, -0.05) is 86.6 Å². The summed E-state index contributed by atoms with van der Waals surface area (Å²) in [4.78, 5) is 6.87. The molecule has 5 aromatic carbocycles. The van der Waals surface area contributed by atoms with E-state index in [1.54, 1.807) is 0 Å². The molecule has 38 heavy (non-hydrogen) atoms. The number of fused-ring (bicyclic) bond motifs is 4. The van der Waals surface area contributed by atoms with E-state index in [4.69, 9.17) is 4.74 Å². The molecule has 0 bridgehead atoms. The first-order valence-electron chi connectivity index (χ1n) is 13.0. The first-order valence-corrected chi connectivity index (χ1v) is 13.0. The van der Waals surface area contributed by atoms with Gasteiger partial charge in [0.15, 0.2) is 0 Å². The minimum Gasteiger partial charge on any atom is -0.456 e. The SMILES string of the molecule is CN1c2ccccc2C(C)(C)c2ccc(-c3c4ccccc4c(Oc4ccccc4)c4ccncc34)cc21. The maximum atomic E-state index is 6.53. The number of anilines is 2. The van der Waals surface area contributed by atoms with Crippen molar-refractivity contribution in [3.8, 4) is 22.6 Å². The number of ether oxygens (including phenoxy) is 1. The van der Waals surface area contributed by atoms with Crippen LogP contribution in [0.25, 0.3) is 32.7 Å². The van der Waals surface area contributed by atoms with Gasteiger partial charge >= 0.3 is 0 Å². The van der Waals surface area contributed by atoms with Crippen LogP contribution in [0.1, 0.15) is 25.0 Å². The van der Waals surface area contributed by atoms with Gasteiger partial charge in [0.25, 0.3) is 0 Å². The smallest absolute Gasteiger partial charge is 0.143 e. The molecule has 184 valence electrons. The Morgan fingerprint density at radius 3 is 2.18 bits per heavy atom. The second-order valence-electron chi connectivity index (χ2n) is 10.5. The van der Waals surface area contributed by atoms with E-state index in [-0.39, 0.29) is 5.41 Å². The third-order valence-corrected chi connectivity index (χ3v) is 8.00. The Morgan fingerprint density at radius 2 is 1.34 bits per heavy atom. The zero-order chi connectivity index (χ0) is 25.9. The van der Waals surface area contributed by atoms with Crippen LogP contribution in [-0.2, 0) is 5.41 Å². The number of nitrogens with zero attached hydrogens (tertiary/aromatic N) is 2. The van der Waals surface area contributed by atoms with E-state index in [0.29, 0.717) is 0 Å². The van der Waals surface area contributed by atoms with E-state index in [1.807, 2.05) is 42.7 Å². The van der Waals surface area contributed by atoms with E-state index in [1.165, 1.54) is 33.6 Å². The molecular formula is C35H28N2O. The number of aromatic nitrogens is 1. The van der Waals surface area contributed by atoms with Crippen LogP contribution in [0.4, 0.5) is 11.4 Å². The zero-order valence-electron chi connectivity index (χ0n) is 21.8. The van der Waals surface area contributed by atoms with Crippen molar-refractivity contribution in [1.29, 1.82) is 0 Å². The summed E-state index contributed by atoms with van der Waals surface area (Å²) in [6, 6.07) is 36.2. The van der Waals surface area contributed by atoms with Gasteiger partial charge in [0, 0.05) is 52.4 Å². The molecule has 0 N–H and O–H groups in total. The van der Waals surface area contributed by atoms with E-state index >= 15 is 0 Å². The minimum absolute atomic E-state index is 0.0873. The average molecular weight is 493 g/mol. The highest BCUT2D eigenvalue weighted by molar-refractivity contribution is 6.17. The van der Waals surface area contributed by atoms with Gasteiger partial charge in [-0.3, -0.25) is 4.98 Å². The Labute approximate surface area is 223 Å². The fourth-order valence-electron chi connectivity index (χ4n) is 6.07. The lowest BCUT2D eigenvalue weighted by molar-refractivity contribution is 0.494. The molecule has 0 fully saturated rings. The monoisotopic (exact) mass is 492 g/mol. The van der Waals surface area contributed by atoms with Crippen LogP contribution in [0.5, 0.6) is 11.5 Å². The van der Waals surface area contributed by atoms with Gasteiger partial charge in [-0.2, -0.15) is 0 Å². The highest BCUT2D eigenvalue weighted by Gasteiger charge is 2.35. The summed E-state index contributed by atoms with van der Waals surface area (Å²) in [7, 11) is 2.17. The molecule has 0 amide bonds. The fraction of sp³-hybridized carbons (Fsp3) is 0.114. The molecule has 2 heterocycles. The summed E-state index contributed by atoms with van der Waals surface area (Å²) in [6.07, 6.45) is 3.82. The van der Waals surface area contributed by atoms with Gasteiger partial charge in [-0.15, -0.1) is 0 Å². The maximum Gasteiger partial charge on any atom is 0.143 e. The maximum absolute atomic E-state index is 6.53. The number of para-hydroxylation sites is 2. The molecule has 1 aliphatic heterocycles. The van der Waals surface area contributed by atoms with Gasteiger partial charge in [0.05, 0.1) is 0 Å². The molecule has 0 saturated carbocycles. The summed E-state index contributed by atoms with van der Waals surface area (Å²) >= 11 is 0. The molecule has 0 unspecified atom stereocenters. The predicted octanol–water partition coefficient (Wildman–Crippen LogP) is 9.25. The molecule has 7 rings (SSSR count). The van der Waals surface area contributed by atoms with Crippen LogP contribution >= 0.6 is 0 Å². The van der Waals surface area contributed by atoms with Crippen LogP contribution in [-0.4, -0.2) is 12.0 Å². The lowest BCUT2D eigenvalue weighted by Crippen LogP contribution is -2.30. The van der Waals surface area contributed by atoms with Crippen molar-refractivity contribution in [2.45, 2.75) is 19.3 Å². The van der Waals surface area contributed by atoms with Gasteiger partial charge < -0.3 is 9.64 Å². The van der Waals surface area contributed by atoms with E-state index in [2.05, 4.69) is 104 Å². The van der Waals surface area contributed by atoms with E-state index < -0.39 is 0 Å². The van der Waals surface area contributed by atoms with Crippen molar-refractivity contribution >= 4 is 32.9 Å². The molecular weight excluding hydrogens is 464 g/mol. The van der Waals surface area contributed by atoms with Crippen molar-refractivity contribution in [1.82, 2.24) is 4.98 Å². The third-order valence-electron chi connectivity index (χ3n) is 8.00. The van der Waals surface area contributed by atoms with Crippen LogP contribution < -0.4 is 9.64 Å². The number of hydrogen-bond acceptors (Lipinski definition) is 3. The van der Waals surface area contributed by atoms with Crippen LogP contribution in [0.3, 0.4) is 0 Å². The molecule has 6 aromatic rings. The summed E-state index contributed by atoms with van der Waals surface area (Å²) < 4.78 is 6.53. The summed E-state index contributed by atoms with van der Waals surface area (Å²) in [5.41, 5.74) is 7.43. The van der Waals surface area contributed by atoms with Crippen molar-refractivity contribution < 1.29 is 4.74 Å². The summed E-state index contributed by atoms with van der Waals surface area (Å²) in [5.74, 6) is 1.68. The second-order valence-corrected chi connectivity index (χ2v) is 10.5. The number of rotatable bonds is 3.